The predicted molar refractivity (Wildman–Crippen MR) is 72.5 cm³/mol. The van der Waals surface area contributed by atoms with E-state index in [-0.39, 0.29) is 4.90 Å². The van der Waals surface area contributed by atoms with Gasteiger partial charge in [0.25, 0.3) is 0 Å². The molecule has 1 aromatic rings. The maximum absolute atomic E-state index is 12.3. The summed E-state index contributed by atoms with van der Waals surface area (Å²) in [5.41, 5.74) is 0. The molecule has 0 aliphatic carbocycles. The van der Waals surface area contributed by atoms with Crippen LogP contribution in [0.2, 0.25) is 0 Å². The zero-order chi connectivity index (χ0) is 17.8. The minimum atomic E-state index is -4.54. The molecule has 1 N–H and O–H groups in total. The van der Waals surface area contributed by atoms with Gasteiger partial charge in [-0.25, -0.2) is 13.4 Å². The van der Waals surface area contributed by atoms with Crippen LogP contribution in [0.3, 0.4) is 0 Å². The number of pyridine rings is 1. The molecule has 7 nitrogen and oxygen atoms in total. The first-order valence-electron chi connectivity index (χ1n) is 6.32. The average molecular weight is 356 g/mol. The van der Waals surface area contributed by atoms with Gasteiger partial charge in [-0.1, -0.05) is 0 Å². The molecule has 0 atom stereocenters. The van der Waals surface area contributed by atoms with Crippen molar-refractivity contribution in [1.29, 1.82) is 0 Å². The molecule has 0 bridgehead atoms. The molecule has 0 fully saturated rings. The third kappa shape index (κ3) is 5.67. The molecule has 23 heavy (non-hydrogen) atoms. The number of halogens is 3. The number of carboxylic acid groups (broad SMARTS) is 1. The molecule has 0 aliphatic rings. The molecule has 0 radical (unpaired) electrons. The minimum Gasteiger partial charge on any atom is -0.480 e. The van der Waals surface area contributed by atoms with Gasteiger partial charge in [0.1, 0.15) is 11.4 Å². The monoisotopic (exact) mass is 356 g/mol. The van der Waals surface area contributed by atoms with E-state index in [0.29, 0.717) is 0 Å². The normalized spacial score (nSPS) is 12.7. The highest BCUT2D eigenvalue weighted by atomic mass is 32.2. The number of hydrogen-bond donors (Lipinski definition) is 1. The smallest absolute Gasteiger partial charge is 0.422 e. The number of alkyl halides is 3. The first-order chi connectivity index (χ1) is 10.4. The van der Waals surface area contributed by atoms with Crippen molar-refractivity contribution in [3.05, 3.63) is 18.3 Å². The molecule has 0 aromatic carbocycles. The molecular formula is C12H15F3N2O5S. The Morgan fingerprint density at radius 1 is 1.39 bits per heavy atom. The number of aromatic nitrogens is 1. The van der Waals surface area contributed by atoms with E-state index >= 15 is 0 Å². The second kappa shape index (κ2) is 7.13. The van der Waals surface area contributed by atoms with Gasteiger partial charge in [-0.15, -0.1) is 0 Å². The molecule has 0 saturated heterocycles. The lowest BCUT2D eigenvalue weighted by molar-refractivity contribution is -0.154. The summed E-state index contributed by atoms with van der Waals surface area (Å²) in [5, 5.41) is 8.79. The highest BCUT2D eigenvalue weighted by Gasteiger charge is 2.30. The average Bonchev–Trinajstić information content (AvgIpc) is 2.41. The van der Waals surface area contributed by atoms with Crippen LogP contribution >= 0.6 is 0 Å². The maximum atomic E-state index is 12.3. The molecule has 0 aliphatic heterocycles. The Hall–Kier alpha value is -1.88. The zero-order valence-corrected chi connectivity index (χ0v) is 13.1. The van der Waals surface area contributed by atoms with Crippen molar-refractivity contribution in [2.45, 2.75) is 31.0 Å². The van der Waals surface area contributed by atoms with Crippen LogP contribution in [0.15, 0.2) is 23.2 Å². The van der Waals surface area contributed by atoms with E-state index < -0.39 is 47.2 Å². The molecule has 0 spiro atoms. The summed E-state index contributed by atoms with van der Waals surface area (Å²) in [6.07, 6.45) is -3.72. The quantitative estimate of drug-likeness (QED) is 0.795. The van der Waals surface area contributed by atoms with E-state index in [0.717, 1.165) is 22.6 Å². The van der Waals surface area contributed by atoms with E-state index in [1.165, 1.54) is 13.8 Å². The summed E-state index contributed by atoms with van der Waals surface area (Å²) in [5.74, 6) is -1.73. The SMILES string of the molecule is CC(C)N(CC(=O)O)S(=O)(=O)c1ccc(OCC(F)(F)F)nc1. The third-order valence-corrected chi connectivity index (χ3v) is 4.57. The van der Waals surface area contributed by atoms with Crippen molar-refractivity contribution in [3.8, 4) is 5.88 Å². The minimum absolute atomic E-state index is 0.341. The van der Waals surface area contributed by atoms with Crippen LogP contribution in [0.1, 0.15) is 13.8 Å². The highest BCUT2D eigenvalue weighted by molar-refractivity contribution is 7.89. The molecule has 11 heteroatoms. The number of hydrogen-bond acceptors (Lipinski definition) is 5. The first-order valence-corrected chi connectivity index (χ1v) is 7.76. The second-order valence-electron chi connectivity index (χ2n) is 4.77. The highest BCUT2D eigenvalue weighted by Crippen LogP contribution is 2.21. The summed E-state index contributed by atoms with van der Waals surface area (Å²) in [4.78, 5) is 13.9. The Balaban J connectivity index is 2.98. The second-order valence-corrected chi connectivity index (χ2v) is 6.66. The van der Waals surface area contributed by atoms with E-state index in [1.54, 1.807) is 0 Å². The summed E-state index contributed by atoms with van der Waals surface area (Å²) < 4.78 is 65.8. The van der Waals surface area contributed by atoms with Gasteiger partial charge in [0.15, 0.2) is 6.61 Å². The maximum Gasteiger partial charge on any atom is 0.422 e. The van der Waals surface area contributed by atoms with Crippen LogP contribution in [0.25, 0.3) is 0 Å². The Labute approximate surface area is 130 Å². The van der Waals surface area contributed by atoms with Crippen molar-refractivity contribution in [2.24, 2.45) is 0 Å². The van der Waals surface area contributed by atoms with E-state index in [2.05, 4.69) is 9.72 Å². The molecule has 0 saturated carbocycles. The van der Waals surface area contributed by atoms with Crippen LogP contribution < -0.4 is 4.74 Å². The third-order valence-electron chi connectivity index (χ3n) is 2.57. The molecule has 1 heterocycles. The predicted octanol–water partition coefficient (Wildman–Crippen LogP) is 1.51. The summed E-state index contributed by atoms with van der Waals surface area (Å²) in [6, 6.07) is 1.35. The van der Waals surface area contributed by atoms with Gasteiger partial charge in [-0.2, -0.15) is 17.5 Å². The number of ether oxygens (including phenoxy) is 1. The van der Waals surface area contributed by atoms with Crippen LogP contribution in [-0.2, 0) is 14.8 Å². The van der Waals surface area contributed by atoms with Crippen molar-refractivity contribution in [3.63, 3.8) is 0 Å². The molecule has 130 valence electrons. The van der Waals surface area contributed by atoms with Crippen LogP contribution in [-0.4, -0.2) is 54.2 Å². The molecule has 1 rings (SSSR count). The number of aliphatic carboxylic acids is 1. The number of sulfonamides is 1. The number of nitrogens with zero attached hydrogens (tertiary/aromatic N) is 2. The summed E-state index contributed by atoms with van der Waals surface area (Å²) in [6.45, 7) is 0.693. The molecule has 0 amide bonds. The topological polar surface area (TPSA) is 96.8 Å². The summed E-state index contributed by atoms with van der Waals surface area (Å²) >= 11 is 0. The van der Waals surface area contributed by atoms with Gasteiger partial charge < -0.3 is 9.84 Å². The number of carbonyl (C=O) groups is 1. The number of carboxylic acids is 1. The van der Waals surface area contributed by atoms with E-state index in [9.17, 15) is 26.4 Å². The molecule has 0 unspecified atom stereocenters. The van der Waals surface area contributed by atoms with Gasteiger partial charge in [0, 0.05) is 12.1 Å². The van der Waals surface area contributed by atoms with E-state index in [4.69, 9.17) is 5.11 Å². The van der Waals surface area contributed by atoms with Crippen molar-refractivity contribution < 1.29 is 36.2 Å². The number of rotatable bonds is 7. The standard InChI is InChI=1S/C12H15F3N2O5S/c1-8(2)17(6-11(18)19)23(20,21)9-3-4-10(16-5-9)22-7-12(13,14)15/h3-5,8H,6-7H2,1-2H3,(H,18,19). The van der Waals surface area contributed by atoms with Crippen molar-refractivity contribution in [2.75, 3.05) is 13.2 Å². The molecular weight excluding hydrogens is 341 g/mol. The van der Waals surface area contributed by atoms with Gasteiger partial charge in [-0.05, 0) is 19.9 Å². The van der Waals surface area contributed by atoms with E-state index in [1.807, 2.05) is 0 Å². The Kier molecular flexibility index (Phi) is 5.94. The first kappa shape index (κ1) is 19.2. The largest absolute Gasteiger partial charge is 0.480 e. The Bertz CT molecular complexity index is 644. The van der Waals surface area contributed by atoms with Crippen LogP contribution in [0.4, 0.5) is 13.2 Å². The molecule has 1 aromatic heterocycles. The van der Waals surface area contributed by atoms with Gasteiger partial charge in [0.2, 0.25) is 15.9 Å². The van der Waals surface area contributed by atoms with Gasteiger partial charge in [0.05, 0.1) is 6.20 Å². The lowest BCUT2D eigenvalue weighted by Crippen LogP contribution is -2.40. The fourth-order valence-corrected chi connectivity index (χ4v) is 3.11. The lowest BCUT2D eigenvalue weighted by Gasteiger charge is -2.23. The Morgan fingerprint density at radius 3 is 2.39 bits per heavy atom. The fourth-order valence-electron chi connectivity index (χ4n) is 1.57. The van der Waals surface area contributed by atoms with Gasteiger partial charge in [-0.3, -0.25) is 4.79 Å². The lowest BCUT2D eigenvalue weighted by atomic mass is 10.4. The van der Waals surface area contributed by atoms with Crippen molar-refractivity contribution >= 4 is 16.0 Å². The van der Waals surface area contributed by atoms with Gasteiger partial charge >= 0.3 is 12.1 Å². The Morgan fingerprint density at radius 2 is 2.00 bits per heavy atom. The fraction of sp³-hybridized carbons (Fsp3) is 0.500. The van der Waals surface area contributed by atoms with Crippen LogP contribution in [0, 0.1) is 0 Å². The zero-order valence-electron chi connectivity index (χ0n) is 12.2. The summed E-state index contributed by atoms with van der Waals surface area (Å²) in [7, 11) is -4.14. The van der Waals surface area contributed by atoms with Crippen LogP contribution in [0.5, 0.6) is 5.88 Å². The van der Waals surface area contributed by atoms with Crippen molar-refractivity contribution in [1.82, 2.24) is 9.29 Å².